The van der Waals surface area contributed by atoms with Crippen LogP contribution in [0.15, 0.2) is 18.2 Å². The molecule has 0 heterocycles. The molecule has 0 spiro atoms. The van der Waals surface area contributed by atoms with Crippen molar-refractivity contribution in [3.05, 3.63) is 34.3 Å². The predicted molar refractivity (Wildman–Crippen MR) is 56.6 cm³/mol. The van der Waals surface area contributed by atoms with Crippen LogP contribution < -0.4 is 5.73 Å². The van der Waals surface area contributed by atoms with Gasteiger partial charge in [-0.1, -0.05) is 23.7 Å². The zero-order chi connectivity index (χ0) is 9.84. The summed E-state index contributed by atoms with van der Waals surface area (Å²) in [6.45, 7) is 1.95. The summed E-state index contributed by atoms with van der Waals surface area (Å²) in [5, 5.41) is 0.761. The third-order valence-electron chi connectivity index (χ3n) is 1.95. The van der Waals surface area contributed by atoms with E-state index in [4.69, 9.17) is 23.8 Å². The van der Waals surface area contributed by atoms with Gasteiger partial charge in [0.15, 0.2) is 0 Å². The van der Waals surface area contributed by atoms with Gasteiger partial charge in [0.1, 0.15) is 0 Å². The minimum absolute atomic E-state index is 0.0824. The molecule has 0 radical (unpaired) electrons. The normalized spacial score (nSPS) is 12.2. The summed E-state index contributed by atoms with van der Waals surface area (Å²) in [6, 6.07) is 5.66. The fourth-order valence-electron chi connectivity index (χ4n) is 1.14. The predicted octanol–water partition coefficient (Wildman–Crippen LogP) is 2.67. The van der Waals surface area contributed by atoms with Crippen molar-refractivity contribution in [3.63, 3.8) is 0 Å². The molecule has 68 valence electrons. The van der Waals surface area contributed by atoms with E-state index < -0.39 is 0 Å². The highest BCUT2D eigenvalue weighted by Gasteiger charge is 2.05. The topological polar surface area (TPSA) is 26.0 Å². The lowest BCUT2D eigenvalue weighted by atomic mass is 10.0. The second kappa shape index (κ2) is 4.32. The van der Waals surface area contributed by atoms with Gasteiger partial charge in [-0.25, -0.2) is 0 Å². The van der Waals surface area contributed by atoms with Gasteiger partial charge in [-0.05, 0) is 24.1 Å². The van der Waals surface area contributed by atoms with E-state index in [0.29, 0.717) is 6.42 Å². The SMILES string of the molecule is C#CCC(N)c1ccc(Cl)c(C)c1. The largest absolute Gasteiger partial charge is 0.323 e. The maximum atomic E-state index is 5.88. The molecular formula is C11H12ClN. The van der Waals surface area contributed by atoms with Crippen LogP contribution in [0, 0.1) is 19.3 Å². The third kappa shape index (κ3) is 2.48. The van der Waals surface area contributed by atoms with Gasteiger partial charge in [-0.2, -0.15) is 0 Å². The maximum Gasteiger partial charge on any atom is 0.0435 e. The second-order valence-electron chi connectivity index (χ2n) is 3.02. The van der Waals surface area contributed by atoms with Crippen molar-refractivity contribution in [2.45, 2.75) is 19.4 Å². The number of nitrogens with two attached hydrogens (primary N) is 1. The third-order valence-corrected chi connectivity index (χ3v) is 2.37. The van der Waals surface area contributed by atoms with Gasteiger partial charge in [-0.3, -0.25) is 0 Å². The van der Waals surface area contributed by atoms with E-state index in [1.165, 1.54) is 0 Å². The monoisotopic (exact) mass is 193 g/mol. The Morgan fingerprint density at radius 3 is 2.85 bits per heavy atom. The van der Waals surface area contributed by atoms with Crippen LogP contribution in [0.1, 0.15) is 23.6 Å². The highest BCUT2D eigenvalue weighted by atomic mass is 35.5. The minimum atomic E-state index is -0.0824. The number of hydrogen-bond acceptors (Lipinski definition) is 1. The molecule has 0 aliphatic rings. The highest BCUT2D eigenvalue weighted by molar-refractivity contribution is 6.31. The Balaban J connectivity index is 2.91. The van der Waals surface area contributed by atoms with Gasteiger partial charge < -0.3 is 5.73 Å². The van der Waals surface area contributed by atoms with Gasteiger partial charge in [0.25, 0.3) is 0 Å². The molecule has 0 bridgehead atoms. The first-order valence-electron chi connectivity index (χ1n) is 4.10. The lowest BCUT2D eigenvalue weighted by Crippen LogP contribution is -2.09. The van der Waals surface area contributed by atoms with E-state index >= 15 is 0 Å². The molecule has 13 heavy (non-hydrogen) atoms. The van der Waals surface area contributed by atoms with Crippen LogP contribution >= 0.6 is 11.6 Å². The van der Waals surface area contributed by atoms with Crippen LogP contribution in [0.25, 0.3) is 0 Å². The molecule has 1 nitrogen and oxygen atoms in total. The standard InChI is InChI=1S/C11H12ClN/c1-3-4-11(13)9-5-6-10(12)8(2)7-9/h1,5-7,11H,4,13H2,2H3. The number of halogens is 1. The molecule has 0 aromatic heterocycles. The quantitative estimate of drug-likeness (QED) is 0.719. The number of rotatable bonds is 2. The van der Waals surface area contributed by atoms with Gasteiger partial charge >= 0.3 is 0 Å². The summed E-state index contributed by atoms with van der Waals surface area (Å²) in [6.07, 6.45) is 5.74. The molecule has 1 unspecified atom stereocenters. The van der Waals surface area contributed by atoms with Crippen molar-refractivity contribution in [2.75, 3.05) is 0 Å². The molecule has 1 rings (SSSR count). The summed E-state index contributed by atoms with van der Waals surface area (Å²) in [4.78, 5) is 0. The van der Waals surface area contributed by atoms with Crippen molar-refractivity contribution in [2.24, 2.45) is 5.73 Å². The van der Waals surface area contributed by atoms with Crippen LogP contribution in [0.5, 0.6) is 0 Å². The van der Waals surface area contributed by atoms with Crippen LogP contribution in [-0.2, 0) is 0 Å². The van der Waals surface area contributed by atoms with E-state index in [-0.39, 0.29) is 6.04 Å². The van der Waals surface area contributed by atoms with Crippen LogP contribution in [0.2, 0.25) is 5.02 Å². The van der Waals surface area contributed by atoms with Gasteiger partial charge in [0.05, 0.1) is 0 Å². The molecule has 2 heteroatoms. The second-order valence-corrected chi connectivity index (χ2v) is 3.43. The Bertz CT molecular complexity index is 338. The van der Waals surface area contributed by atoms with E-state index in [0.717, 1.165) is 16.1 Å². The Kier molecular flexibility index (Phi) is 3.36. The Morgan fingerprint density at radius 2 is 2.31 bits per heavy atom. The van der Waals surface area contributed by atoms with Crippen molar-refractivity contribution >= 4 is 11.6 Å². The number of benzene rings is 1. The molecule has 0 saturated carbocycles. The fraction of sp³-hybridized carbons (Fsp3) is 0.273. The Labute approximate surface area is 83.9 Å². The summed E-state index contributed by atoms with van der Waals surface area (Å²) in [5.74, 6) is 2.54. The summed E-state index contributed by atoms with van der Waals surface area (Å²) >= 11 is 5.88. The average Bonchev–Trinajstić information content (AvgIpc) is 2.10. The molecule has 0 saturated heterocycles. The summed E-state index contributed by atoms with van der Waals surface area (Å²) in [7, 11) is 0. The number of hydrogen-bond donors (Lipinski definition) is 1. The van der Waals surface area contributed by atoms with Crippen LogP contribution in [0.4, 0.5) is 0 Å². The van der Waals surface area contributed by atoms with E-state index in [1.807, 2.05) is 25.1 Å². The van der Waals surface area contributed by atoms with Gasteiger partial charge in [-0.15, -0.1) is 12.3 Å². The van der Waals surface area contributed by atoms with Crippen molar-refractivity contribution in [3.8, 4) is 12.3 Å². The maximum absolute atomic E-state index is 5.88. The molecule has 1 aromatic rings. The van der Waals surface area contributed by atoms with Crippen LogP contribution in [-0.4, -0.2) is 0 Å². The molecule has 1 atom stereocenters. The Morgan fingerprint density at radius 1 is 1.62 bits per heavy atom. The minimum Gasteiger partial charge on any atom is -0.323 e. The fourth-order valence-corrected chi connectivity index (χ4v) is 1.26. The summed E-state index contributed by atoms with van der Waals surface area (Å²) in [5.41, 5.74) is 7.91. The lowest BCUT2D eigenvalue weighted by Gasteiger charge is -2.09. The van der Waals surface area contributed by atoms with E-state index in [2.05, 4.69) is 5.92 Å². The van der Waals surface area contributed by atoms with Gasteiger partial charge in [0, 0.05) is 17.5 Å². The molecule has 1 aromatic carbocycles. The van der Waals surface area contributed by atoms with E-state index in [9.17, 15) is 0 Å². The summed E-state index contributed by atoms with van der Waals surface area (Å²) < 4.78 is 0. The zero-order valence-corrected chi connectivity index (χ0v) is 8.31. The molecule has 0 amide bonds. The molecular weight excluding hydrogens is 182 g/mol. The zero-order valence-electron chi connectivity index (χ0n) is 7.55. The highest BCUT2D eigenvalue weighted by Crippen LogP contribution is 2.20. The Hall–Kier alpha value is -0.970. The van der Waals surface area contributed by atoms with Gasteiger partial charge in [0.2, 0.25) is 0 Å². The van der Waals surface area contributed by atoms with Crippen molar-refractivity contribution in [1.82, 2.24) is 0 Å². The number of aryl methyl sites for hydroxylation is 1. The van der Waals surface area contributed by atoms with Crippen LogP contribution in [0.3, 0.4) is 0 Å². The first-order chi connectivity index (χ1) is 6.15. The molecule has 0 aliphatic carbocycles. The number of terminal acetylenes is 1. The van der Waals surface area contributed by atoms with Crippen molar-refractivity contribution < 1.29 is 0 Å². The van der Waals surface area contributed by atoms with E-state index in [1.54, 1.807) is 0 Å². The van der Waals surface area contributed by atoms with Crippen molar-refractivity contribution in [1.29, 1.82) is 0 Å². The first-order valence-corrected chi connectivity index (χ1v) is 4.48. The molecule has 0 fully saturated rings. The first kappa shape index (κ1) is 10.1. The smallest absolute Gasteiger partial charge is 0.0435 e. The molecule has 0 aliphatic heterocycles. The lowest BCUT2D eigenvalue weighted by molar-refractivity contribution is 0.754. The average molecular weight is 194 g/mol. The molecule has 2 N–H and O–H groups in total.